The topological polar surface area (TPSA) is 59.1 Å². The maximum atomic E-state index is 12.6. The summed E-state index contributed by atoms with van der Waals surface area (Å²) in [6, 6.07) is 7.14. The Kier molecular flexibility index (Phi) is 6.40. The standard InChI is InChI=1S/C17H24N2O4/c1-3-23-16(20)13-18-9-4-10-19(12-11-18)17(21)14-5-7-15(22-2)8-6-14/h5-8H,3-4,9-13H2,1-2H3. The van der Waals surface area contributed by atoms with Gasteiger partial charge in [0.25, 0.3) is 5.91 Å². The lowest BCUT2D eigenvalue weighted by molar-refractivity contribution is -0.144. The molecule has 23 heavy (non-hydrogen) atoms. The normalized spacial score (nSPS) is 15.8. The lowest BCUT2D eigenvalue weighted by atomic mass is 10.2. The number of benzene rings is 1. The van der Waals surface area contributed by atoms with Crippen molar-refractivity contribution in [3.8, 4) is 5.75 Å². The van der Waals surface area contributed by atoms with Gasteiger partial charge in [-0.3, -0.25) is 14.5 Å². The van der Waals surface area contributed by atoms with Gasteiger partial charge in [-0.2, -0.15) is 0 Å². The third-order valence-electron chi connectivity index (χ3n) is 3.87. The van der Waals surface area contributed by atoms with Gasteiger partial charge in [0.1, 0.15) is 5.75 Å². The molecule has 0 saturated carbocycles. The van der Waals surface area contributed by atoms with Crippen LogP contribution in [0.5, 0.6) is 5.75 Å². The Bertz CT molecular complexity index is 530. The molecule has 1 aromatic carbocycles. The van der Waals surface area contributed by atoms with Crippen molar-refractivity contribution in [2.75, 3.05) is 46.4 Å². The monoisotopic (exact) mass is 320 g/mol. The summed E-state index contributed by atoms with van der Waals surface area (Å²) >= 11 is 0. The smallest absolute Gasteiger partial charge is 0.320 e. The van der Waals surface area contributed by atoms with Crippen molar-refractivity contribution in [3.63, 3.8) is 0 Å². The van der Waals surface area contributed by atoms with Crippen molar-refractivity contribution < 1.29 is 19.1 Å². The second kappa shape index (κ2) is 8.53. The Balaban J connectivity index is 1.91. The molecular weight excluding hydrogens is 296 g/mol. The first-order valence-electron chi connectivity index (χ1n) is 7.95. The summed E-state index contributed by atoms with van der Waals surface area (Å²) in [5.41, 5.74) is 0.657. The van der Waals surface area contributed by atoms with Gasteiger partial charge in [0.15, 0.2) is 0 Å². The van der Waals surface area contributed by atoms with E-state index in [9.17, 15) is 9.59 Å². The highest BCUT2D eigenvalue weighted by Crippen LogP contribution is 2.14. The number of esters is 1. The molecule has 6 heteroatoms. The van der Waals surface area contributed by atoms with Gasteiger partial charge in [0, 0.05) is 31.7 Å². The summed E-state index contributed by atoms with van der Waals surface area (Å²) < 4.78 is 10.1. The molecule has 0 radical (unpaired) electrons. The molecule has 1 saturated heterocycles. The zero-order valence-electron chi connectivity index (χ0n) is 13.8. The molecule has 0 aliphatic carbocycles. The molecule has 2 rings (SSSR count). The van der Waals surface area contributed by atoms with E-state index in [2.05, 4.69) is 0 Å². The number of carbonyl (C=O) groups is 2. The second-order valence-electron chi connectivity index (χ2n) is 5.46. The highest BCUT2D eigenvalue weighted by Gasteiger charge is 2.21. The van der Waals surface area contributed by atoms with Gasteiger partial charge in [-0.15, -0.1) is 0 Å². The van der Waals surface area contributed by atoms with Crippen LogP contribution in [0.3, 0.4) is 0 Å². The fourth-order valence-corrected chi connectivity index (χ4v) is 2.64. The van der Waals surface area contributed by atoms with Crippen LogP contribution in [-0.4, -0.2) is 68.1 Å². The molecule has 1 amide bonds. The van der Waals surface area contributed by atoms with E-state index >= 15 is 0 Å². The molecule has 0 spiro atoms. The maximum absolute atomic E-state index is 12.6. The number of amides is 1. The van der Waals surface area contributed by atoms with Crippen LogP contribution >= 0.6 is 0 Å². The van der Waals surface area contributed by atoms with Crippen molar-refractivity contribution in [1.82, 2.24) is 9.80 Å². The molecule has 0 N–H and O–H groups in total. The van der Waals surface area contributed by atoms with Crippen molar-refractivity contribution >= 4 is 11.9 Å². The molecule has 0 atom stereocenters. The number of nitrogens with zero attached hydrogens (tertiary/aromatic N) is 2. The van der Waals surface area contributed by atoms with Crippen molar-refractivity contribution in [1.29, 1.82) is 0 Å². The number of ether oxygens (including phenoxy) is 2. The number of carbonyl (C=O) groups excluding carboxylic acids is 2. The van der Waals surface area contributed by atoms with Crippen LogP contribution in [0.15, 0.2) is 24.3 Å². The Labute approximate surface area is 137 Å². The predicted molar refractivity (Wildman–Crippen MR) is 86.6 cm³/mol. The number of hydrogen-bond acceptors (Lipinski definition) is 5. The fourth-order valence-electron chi connectivity index (χ4n) is 2.64. The molecule has 0 unspecified atom stereocenters. The third kappa shape index (κ3) is 4.96. The van der Waals surface area contributed by atoms with Crippen LogP contribution in [0.4, 0.5) is 0 Å². The lowest BCUT2D eigenvalue weighted by Gasteiger charge is -2.21. The number of hydrogen-bond donors (Lipinski definition) is 0. The van der Waals surface area contributed by atoms with E-state index in [0.29, 0.717) is 38.3 Å². The van der Waals surface area contributed by atoms with Crippen LogP contribution in [0.2, 0.25) is 0 Å². The molecule has 0 aromatic heterocycles. The van der Waals surface area contributed by atoms with E-state index in [-0.39, 0.29) is 11.9 Å². The molecular formula is C17H24N2O4. The Morgan fingerprint density at radius 3 is 2.48 bits per heavy atom. The zero-order valence-corrected chi connectivity index (χ0v) is 13.8. The SMILES string of the molecule is CCOC(=O)CN1CCCN(C(=O)c2ccc(OC)cc2)CC1. The molecule has 126 valence electrons. The van der Waals surface area contributed by atoms with Gasteiger partial charge in [0.2, 0.25) is 0 Å². The van der Waals surface area contributed by atoms with Gasteiger partial charge in [0.05, 0.1) is 20.3 Å². The van der Waals surface area contributed by atoms with Crippen LogP contribution in [-0.2, 0) is 9.53 Å². The van der Waals surface area contributed by atoms with E-state index < -0.39 is 0 Å². The van der Waals surface area contributed by atoms with Gasteiger partial charge >= 0.3 is 5.97 Å². The number of methoxy groups -OCH3 is 1. The second-order valence-corrected chi connectivity index (χ2v) is 5.46. The Hall–Kier alpha value is -2.08. The van der Waals surface area contributed by atoms with E-state index in [4.69, 9.17) is 9.47 Å². The summed E-state index contributed by atoms with van der Waals surface area (Å²) in [5, 5.41) is 0. The van der Waals surface area contributed by atoms with E-state index in [1.54, 1.807) is 38.3 Å². The summed E-state index contributed by atoms with van der Waals surface area (Å²) in [7, 11) is 1.60. The highest BCUT2D eigenvalue weighted by atomic mass is 16.5. The minimum atomic E-state index is -0.206. The minimum Gasteiger partial charge on any atom is -0.497 e. The van der Waals surface area contributed by atoms with Crippen molar-refractivity contribution in [2.24, 2.45) is 0 Å². The summed E-state index contributed by atoms with van der Waals surface area (Å²) in [6.45, 7) is 5.28. The largest absolute Gasteiger partial charge is 0.497 e. The quantitative estimate of drug-likeness (QED) is 0.768. The molecule has 0 bridgehead atoms. The van der Waals surface area contributed by atoms with Crippen molar-refractivity contribution in [3.05, 3.63) is 29.8 Å². The Morgan fingerprint density at radius 2 is 1.83 bits per heavy atom. The summed E-state index contributed by atoms with van der Waals surface area (Å²) in [6.07, 6.45) is 0.849. The van der Waals surface area contributed by atoms with Crippen LogP contribution in [0.1, 0.15) is 23.7 Å². The zero-order chi connectivity index (χ0) is 16.7. The minimum absolute atomic E-state index is 0.0191. The van der Waals surface area contributed by atoms with Crippen LogP contribution in [0.25, 0.3) is 0 Å². The Morgan fingerprint density at radius 1 is 1.09 bits per heavy atom. The average Bonchev–Trinajstić information content (AvgIpc) is 2.80. The number of rotatable bonds is 5. The van der Waals surface area contributed by atoms with Gasteiger partial charge in [-0.25, -0.2) is 0 Å². The van der Waals surface area contributed by atoms with Gasteiger partial charge in [-0.05, 0) is 37.6 Å². The maximum Gasteiger partial charge on any atom is 0.320 e. The fraction of sp³-hybridized carbons (Fsp3) is 0.529. The summed E-state index contributed by atoms with van der Waals surface area (Å²) in [4.78, 5) is 28.0. The third-order valence-corrected chi connectivity index (χ3v) is 3.87. The van der Waals surface area contributed by atoms with Crippen LogP contribution in [0, 0.1) is 0 Å². The van der Waals surface area contributed by atoms with Crippen LogP contribution < -0.4 is 4.74 Å². The molecule has 1 heterocycles. The average molecular weight is 320 g/mol. The van der Waals surface area contributed by atoms with E-state index in [0.717, 1.165) is 18.7 Å². The van der Waals surface area contributed by atoms with E-state index in [1.165, 1.54) is 0 Å². The summed E-state index contributed by atoms with van der Waals surface area (Å²) in [5.74, 6) is 0.547. The lowest BCUT2D eigenvalue weighted by Crippen LogP contribution is -2.37. The highest BCUT2D eigenvalue weighted by molar-refractivity contribution is 5.94. The van der Waals surface area contributed by atoms with Gasteiger partial charge in [-0.1, -0.05) is 0 Å². The first-order chi connectivity index (χ1) is 11.1. The molecule has 1 aromatic rings. The first-order valence-corrected chi connectivity index (χ1v) is 7.95. The van der Waals surface area contributed by atoms with E-state index in [1.807, 2.05) is 9.80 Å². The predicted octanol–water partition coefficient (Wildman–Crippen LogP) is 1.41. The first kappa shape index (κ1) is 17.3. The molecule has 6 nitrogen and oxygen atoms in total. The molecule has 1 aliphatic heterocycles. The molecule has 1 aliphatic rings. The van der Waals surface area contributed by atoms with Crippen molar-refractivity contribution in [2.45, 2.75) is 13.3 Å². The molecule has 1 fully saturated rings. The van der Waals surface area contributed by atoms with Gasteiger partial charge < -0.3 is 14.4 Å².